The van der Waals surface area contributed by atoms with E-state index in [0.717, 1.165) is 16.3 Å². The van der Waals surface area contributed by atoms with Crippen LogP contribution in [-0.2, 0) is 5.75 Å². The van der Waals surface area contributed by atoms with E-state index in [-0.39, 0.29) is 5.91 Å². The molecule has 0 fully saturated rings. The number of nitrogens with zero attached hydrogens (tertiary/aromatic N) is 1. The third-order valence-corrected chi connectivity index (χ3v) is 3.94. The number of aromatic nitrogens is 1. The van der Waals surface area contributed by atoms with Gasteiger partial charge in [-0.3, -0.25) is 10.2 Å². The molecule has 0 unspecified atom stereocenters. The number of pyridine rings is 1. The number of amides is 1. The molecule has 1 aromatic heterocycles. The number of hydrazine groups is 1. The molecule has 0 aliphatic carbocycles. The Morgan fingerprint density at radius 2 is 2.05 bits per heavy atom. The van der Waals surface area contributed by atoms with Crippen LogP contribution in [-0.4, -0.2) is 10.9 Å². The molecule has 1 amide bonds. The molecule has 0 saturated carbocycles. The maximum absolute atomic E-state index is 11.3. The van der Waals surface area contributed by atoms with E-state index in [1.165, 1.54) is 0 Å². The molecule has 4 nitrogen and oxygen atoms in total. The van der Waals surface area contributed by atoms with Crippen LogP contribution < -0.4 is 11.3 Å². The molecule has 0 bridgehead atoms. The topological polar surface area (TPSA) is 68.0 Å². The van der Waals surface area contributed by atoms with Gasteiger partial charge in [0.15, 0.2) is 0 Å². The number of nitrogens with one attached hydrogen (secondary N) is 1. The summed E-state index contributed by atoms with van der Waals surface area (Å²) in [5, 5.41) is 1.44. The summed E-state index contributed by atoms with van der Waals surface area (Å²) < 4.78 is 0. The highest BCUT2D eigenvalue weighted by atomic mass is 35.5. The van der Waals surface area contributed by atoms with Gasteiger partial charge in [0, 0.05) is 17.5 Å². The summed E-state index contributed by atoms with van der Waals surface area (Å²) in [4.78, 5) is 15.5. The Morgan fingerprint density at radius 1 is 1.32 bits per heavy atom. The number of thioether (sulfide) groups is 1. The summed E-state index contributed by atoms with van der Waals surface area (Å²) in [6, 6.07) is 10.8. The Balaban J connectivity index is 2.01. The summed E-state index contributed by atoms with van der Waals surface area (Å²) in [5.41, 5.74) is 3.71. The number of nitrogen functional groups attached to an aromatic ring is 1. The van der Waals surface area contributed by atoms with Gasteiger partial charge < -0.3 is 0 Å². The average molecular weight is 294 g/mol. The van der Waals surface area contributed by atoms with Crippen LogP contribution in [0.15, 0.2) is 47.6 Å². The zero-order chi connectivity index (χ0) is 13.7. The molecule has 98 valence electrons. The van der Waals surface area contributed by atoms with Crippen LogP contribution in [0.25, 0.3) is 0 Å². The molecule has 19 heavy (non-hydrogen) atoms. The van der Waals surface area contributed by atoms with Gasteiger partial charge in [0.05, 0.1) is 5.02 Å². The summed E-state index contributed by atoms with van der Waals surface area (Å²) >= 11 is 7.58. The number of benzene rings is 1. The van der Waals surface area contributed by atoms with Gasteiger partial charge in [-0.15, -0.1) is 11.8 Å². The third-order valence-electron chi connectivity index (χ3n) is 2.45. The average Bonchev–Trinajstić information content (AvgIpc) is 2.46. The van der Waals surface area contributed by atoms with Crippen molar-refractivity contribution in [3.63, 3.8) is 0 Å². The fourth-order valence-corrected chi connectivity index (χ4v) is 2.59. The van der Waals surface area contributed by atoms with Gasteiger partial charge in [0.1, 0.15) is 5.03 Å². The van der Waals surface area contributed by atoms with Crippen molar-refractivity contribution in [2.75, 3.05) is 0 Å². The molecule has 0 aliphatic heterocycles. The van der Waals surface area contributed by atoms with E-state index in [1.807, 2.05) is 18.2 Å². The summed E-state index contributed by atoms with van der Waals surface area (Å²) in [7, 11) is 0. The Hall–Kier alpha value is -1.56. The standard InChI is InChI=1S/C13H12ClN3OS/c14-11-2-1-7-16-13(11)19-8-9-3-5-10(6-4-9)12(18)17-15/h1-7H,8,15H2,(H,17,18). The van der Waals surface area contributed by atoms with Crippen LogP contribution in [0.1, 0.15) is 15.9 Å². The summed E-state index contributed by atoms with van der Waals surface area (Å²) in [5.74, 6) is 5.51. The predicted molar refractivity (Wildman–Crippen MR) is 76.9 cm³/mol. The number of nitrogens with two attached hydrogens (primary N) is 1. The molecule has 0 atom stereocenters. The van der Waals surface area contributed by atoms with Crippen LogP contribution in [0, 0.1) is 0 Å². The number of carbonyl (C=O) groups is 1. The second-order valence-corrected chi connectivity index (χ2v) is 5.12. The lowest BCUT2D eigenvalue weighted by Gasteiger charge is -2.04. The number of hydrogen-bond donors (Lipinski definition) is 2. The van der Waals surface area contributed by atoms with Crippen LogP contribution >= 0.6 is 23.4 Å². The maximum Gasteiger partial charge on any atom is 0.265 e. The van der Waals surface area contributed by atoms with Crippen molar-refractivity contribution in [1.29, 1.82) is 0 Å². The quantitative estimate of drug-likeness (QED) is 0.393. The van der Waals surface area contributed by atoms with E-state index in [4.69, 9.17) is 17.4 Å². The van der Waals surface area contributed by atoms with E-state index in [9.17, 15) is 4.79 Å². The molecular weight excluding hydrogens is 282 g/mol. The Morgan fingerprint density at radius 3 is 2.68 bits per heavy atom. The summed E-state index contributed by atoms with van der Waals surface area (Å²) in [6.45, 7) is 0. The van der Waals surface area contributed by atoms with Gasteiger partial charge in [-0.1, -0.05) is 23.7 Å². The fourth-order valence-electron chi connectivity index (χ4n) is 1.46. The number of hydrogen-bond acceptors (Lipinski definition) is 4. The number of halogens is 1. The van der Waals surface area contributed by atoms with Gasteiger partial charge in [0.25, 0.3) is 5.91 Å². The number of carbonyl (C=O) groups excluding carboxylic acids is 1. The van der Waals surface area contributed by atoms with Crippen LogP contribution in [0.5, 0.6) is 0 Å². The van der Waals surface area contributed by atoms with Crippen LogP contribution in [0.2, 0.25) is 5.02 Å². The van der Waals surface area contributed by atoms with E-state index < -0.39 is 0 Å². The van der Waals surface area contributed by atoms with Gasteiger partial charge >= 0.3 is 0 Å². The van der Waals surface area contributed by atoms with Crippen molar-refractivity contribution >= 4 is 29.3 Å². The highest BCUT2D eigenvalue weighted by Crippen LogP contribution is 2.27. The second-order valence-electron chi connectivity index (χ2n) is 3.75. The monoisotopic (exact) mass is 293 g/mol. The molecule has 0 radical (unpaired) electrons. The highest BCUT2D eigenvalue weighted by molar-refractivity contribution is 7.98. The predicted octanol–water partition coefficient (Wildman–Crippen LogP) is 2.63. The maximum atomic E-state index is 11.3. The van der Waals surface area contributed by atoms with Gasteiger partial charge in [-0.25, -0.2) is 10.8 Å². The Labute approximate surface area is 120 Å². The lowest BCUT2D eigenvalue weighted by molar-refractivity contribution is 0.0953. The van der Waals surface area contributed by atoms with Gasteiger partial charge in [-0.05, 0) is 29.8 Å². The van der Waals surface area contributed by atoms with Gasteiger partial charge in [0.2, 0.25) is 0 Å². The first-order valence-corrected chi connectivity index (χ1v) is 6.90. The molecule has 6 heteroatoms. The Kier molecular flexibility index (Phi) is 4.79. The van der Waals surface area contributed by atoms with Crippen molar-refractivity contribution in [2.45, 2.75) is 10.8 Å². The van der Waals surface area contributed by atoms with Gasteiger partial charge in [-0.2, -0.15) is 0 Å². The molecule has 3 N–H and O–H groups in total. The zero-order valence-corrected chi connectivity index (χ0v) is 11.5. The minimum absolute atomic E-state index is 0.299. The first-order valence-electron chi connectivity index (χ1n) is 5.54. The molecule has 2 rings (SSSR count). The third kappa shape index (κ3) is 3.70. The smallest absolute Gasteiger partial charge is 0.265 e. The van der Waals surface area contributed by atoms with E-state index in [1.54, 1.807) is 36.2 Å². The first-order chi connectivity index (χ1) is 9.20. The second kappa shape index (κ2) is 6.56. The normalized spacial score (nSPS) is 10.2. The molecule has 2 aromatic rings. The molecule has 0 aliphatic rings. The molecular formula is C13H12ClN3OS. The van der Waals surface area contributed by atoms with Crippen molar-refractivity contribution in [2.24, 2.45) is 5.84 Å². The number of rotatable bonds is 4. The zero-order valence-electron chi connectivity index (χ0n) is 9.97. The van der Waals surface area contributed by atoms with E-state index in [0.29, 0.717) is 10.6 Å². The Bertz CT molecular complexity index is 574. The summed E-state index contributed by atoms with van der Waals surface area (Å²) in [6.07, 6.45) is 1.71. The van der Waals surface area contributed by atoms with Crippen molar-refractivity contribution < 1.29 is 4.79 Å². The van der Waals surface area contributed by atoms with Crippen LogP contribution in [0.4, 0.5) is 0 Å². The van der Waals surface area contributed by atoms with Crippen LogP contribution in [0.3, 0.4) is 0 Å². The molecule has 0 spiro atoms. The lowest BCUT2D eigenvalue weighted by Crippen LogP contribution is -2.29. The van der Waals surface area contributed by atoms with Crippen molar-refractivity contribution in [3.05, 3.63) is 58.7 Å². The van der Waals surface area contributed by atoms with Crippen molar-refractivity contribution in [3.8, 4) is 0 Å². The minimum atomic E-state index is -0.299. The van der Waals surface area contributed by atoms with Crippen molar-refractivity contribution in [1.82, 2.24) is 10.4 Å². The molecule has 1 aromatic carbocycles. The SMILES string of the molecule is NNC(=O)c1ccc(CSc2ncccc2Cl)cc1. The fraction of sp³-hybridized carbons (Fsp3) is 0.0769. The molecule has 0 saturated heterocycles. The minimum Gasteiger partial charge on any atom is -0.290 e. The lowest BCUT2D eigenvalue weighted by atomic mass is 10.1. The van der Waals surface area contributed by atoms with E-state index in [2.05, 4.69) is 10.4 Å². The highest BCUT2D eigenvalue weighted by Gasteiger charge is 2.05. The molecule has 1 heterocycles. The largest absolute Gasteiger partial charge is 0.290 e. The van der Waals surface area contributed by atoms with E-state index >= 15 is 0 Å². The first kappa shape index (κ1) is 13.9.